The second kappa shape index (κ2) is 9.82. The van der Waals surface area contributed by atoms with Crippen molar-refractivity contribution in [3.63, 3.8) is 0 Å². The van der Waals surface area contributed by atoms with Crippen molar-refractivity contribution >= 4 is 17.5 Å². The molecule has 0 aliphatic carbocycles. The molecule has 7 heteroatoms. The van der Waals surface area contributed by atoms with Crippen molar-refractivity contribution in [1.29, 1.82) is 0 Å². The van der Waals surface area contributed by atoms with Gasteiger partial charge in [0.2, 0.25) is 11.8 Å². The van der Waals surface area contributed by atoms with Gasteiger partial charge in [-0.15, -0.1) is 0 Å². The summed E-state index contributed by atoms with van der Waals surface area (Å²) in [4.78, 5) is 26.4. The molecule has 1 aliphatic heterocycles. The van der Waals surface area contributed by atoms with E-state index < -0.39 is 0 Å². The minimum Gasteiger partial charge on any atom is -0.497 e. The summed E-state index contributed by atoms with van der Waals surface area (Å²) in [5.74, 6) is 1.67. The number of nitrogens with one attached hydrogen (secondary N) is 1. The maximum absolute atomic E-state index is 12.5. The van der Waals surface area contributed by atoms with Crippen LogP contribution >= 0.6 is 0 Å². The largest absolute Gasteiger partial charge is 0.497 e. The molecule has 2 aromatic carbocycles. The molecule has 2 aromatic rings. The molecule has 1 aliphatic rings. The Balaban J connectivity index is 1.45. The number of carbonyl (C=O) groups is 2. The van der Waals surface area contributed by atoms with Gasteiger partial charge in [0, 0.05) is 18.7 Å². The maximum Gasteiger partial charge on any atom is 0.229 e. The van der Waals surface area contributed by atoms with E-state index in [0.717, 1.165) is 11.5 Å². The van der Waals surface area contributed by atoms with Crippen LogP contribution in [-0.4, -0.2) is 50.1 Å². The Kier molecular flexibility index (Phi) is 6.94. The monoisotopic (exact) mass is 398 g/mol. The van der Waals surface area contributed by atoms with Crippen LogP contribution in [-0.2, 0) is 9.59 Å². The van der Waals surface area contributed by atoms with E-state index in [-0.39, 0.29) is 24.2 Å². The van der Waals surface area contributed by atoms with Crippen molar-refractivity contribution < 1.29 is 23.8 Å². The molecule has 154 valence electrons. The first kappa shape index (κ1) is 20.5. The second-order valence-electron chi connectivity index (χ2n) is 6.71. The third-order valence-corrected chi connectivity index (χ3v) is 4.71. The summed E-state index contributed by atoms with van der Waals surface area (Å²) >= 11 is 0. The summed E-state index contributed by atoms with van der Waals surface area (Å²) in [6.45, 7) is 3.71. The molecule has 1 saturated heterocycles. The minimum absolute atomic E-state index is 0.0322. The molecule has 1 atom stereocenters. The molecule has 0 saturated carbocycles. The van der Waals surface area contributed by atoms with Gasteiger partial charge in [0.25, 0.3) is 0 Å². The Hall–Kier alpha value is -3.22. The predicted octanol–water partition coefficient (Wildman–Crippen LogP) is 2.96. The lowest BCUT2D eigenvalue weighted by Crippen LogP contribution is -2.31. The Morgan fingerprint density at radius 1 is 1.03 bits per heavy atom. The lowest BCUT2D eigenvalue weighted by atomic mass is 10.1. The fraction of sp³-hybridized carbons (Fsp3) is 0.364. The highest BCUT2D eigenvalue weighted by atomic mass is 16.5. The molecule has 1 heterocycles. The van der Waals surface area contributed by atoms with Crippen LogP contribution < -0.4 is 19.5 Å². The van der Waals surface area contributed by atoms with E-state index in [1.807, 2.05) is 43.3 Å². The molecule has 0 radical (unpaired) electrons. The van der Waals surface area contributed by atoms with Crippen molar-refractivity contribution in [2.24, 2.45) is 5.92 Å². The summed E-state index contributed by atoms with van der Waals surface area (Å²) in [6, 6.07) is 14.5. The highest BCUT2D eigenvalue weighted by Crippen LogP contribution is 2.22. The van der Waals surface area contributed by atoms with E-state index in [0.29, 0.717) is 37.7 Å². The van der Waals surface area contributed by atoms with Gasteiger partial charge in [-0.1, -0.05) is 0 Å². The van der Waals surface area contributed by atoms with Crippen LogP contribution in [0.1, 0.15) is 13.3 Å². The molecule has 0 spiro atoms. The van der Waals surface area contributed by atoms with Crippen LogP contribution in [0.2, 0.25) is 0 Å². The van der Waals surface area contributed by atoms with Crippen LogP contribution in [0.5, 0.6) is 17.2 Å². The number of nitrogens with zero attached hydrogens (tertiary/aromatic N) is 1. The van der Waals surface area contributed by atoms with Crippen molar-refractivity contribution in [2.45, 2.75) is 13.3 Å². The van der Waals surface area contributed by atoms with Gasteiger partial charge in [-0.25, -0.2) is 0 Å². The Bertz CT molecular complexity index is 820. The van der Waals surface area contributed by atoms with Gasteiger partial charge in [-0.3, -0.25) is 9.59 Å². The number of benzene rings is 2. The number of hydrogen-bond acceptors (Lipinski definition) is 5. The summed E-state index contributed by atoms with van der Waals surface area (Å²) < 4.78 is 16.2. The number of rotatable bonds is 9. The van der Waals surface area contributed by atoms with Crippen LogP contribution in [0.4, 0.5) is 5.69 Å². The Morgan fingerprint density at radius 2 is 1.66 bits per heavy atom. The molecule has 7 nitrogen and oxygen atoms in total. The minimum atomic E-state index is -0.366. The molecule has 0 bridgehead atoms. The Morgan fingerprint density at radius 3 is 2.31 bits per heavy atom. The quantitative estimate of drug-likeness (QED) is 0.703. The Labute approximate surface area is 170 Å². The predicted molar refractivity (Wildman–Crippen MR) is 109 cm³/mol. The van der Waals surface area contributed by atoms with Crippen LogP contribution in [0.25, 0.3) is 0 Å². The summed E-state index contributed by atoms with van der Waals surface area (Å²) in [6.07, 6.45) is 0.214. The van der Waals surface area contributed by atoms with E-state index in [1.54, 1.807) is 24.1 Å². The average Bonchev–Trinajstić information content (AvgIpc) is 3.11. The third-order valence-electron chi connectivity index (χ3n) is 4.71. The third kappa shape index (κ3) is 5.63. The molecule has 1 unspecified atom stereocenters. The number of amides is 2. The average molecular weight is 398 g/mol. The first-order valence-corrected chi connectivity index (χ1v) is 9.67. The lowest BCUT2D eigenvalue weighted by Gasteiger charge is -2.17. The second-order valence-corrected chi connectivity index (χ2v) is 6.71. The number of likely N-dealkylation sites (tertiary alicyclic amines) is 1. The van der Waals surface area contributed by atoms with Gasteiger partial charge < -0.3 is 24.4 Å². The fourth-order valence-corrected chi connectivity index (χ4v) is 3.16. The van der Waals surface area contributed by atoms with Crippen molar-refractivity contribution in [1.82, 2.24) is 4.90 Å². The molecule has 1 N–H and O–H groups in total. The molecule has 29 heavy (non-hydrogen) atoms. The van der Waals surface area contributed by atoms with Gasteiger partial charge in [0.05, 0.1) is 26.2 Å². The summed E-state index contributed by atoms with van der Waals surface area (Å²) in [7, 11) is 1.61. The highest BCUT2D eigenvalue weighted by Gasteiger charge is 2.34. The standard InChI is InChI=1S/C22H26N2O5/c1-3-28-19-6-4-17(5-7-19)23-22(26)16-14-21(25)24(15-16)12-13-29-20-10-8-18(27-2)9-11-20/h4-11,16H,3,12-15H2,1-2H3,(H,23,26). The van der Waals surface area contributed by atoms with Gasteiger partial charge >= 0.3 is 0 Å². The SMILES string of the molecule is CCOc1ccc(NC(=O)C2CC(=O)N(CCOc3ccc(OC)cc3)C2)cc1. The van der Waals surface area contributed by atoms with Crippen LogP contribution in [0.15, 0.2) is 48.5 Å². The van der Waals surface area contributed by atoms with E-state index in [9.17, 15) is 9.59 Å². The van der Waals surface area contributed by atoms with E-state index >= 15 is 0 Å². The molecular formula is C22H26N2O5. The number of anilines is 1. The zero-order valence-corrected chi connectivity index (χ0v) is 16.7. The van der Waals surface area contributed by atoms with Crippen LogP contribution in [0.3, 0.4) is 0 Å². The first-order valence-electron chi connectivity index (χ1n) is 9.67. The maximum atomic E-state index is 12.5. The van der Waals surface area contributed by atoms with Gasteiger partial charge in [-0.2, -0.15) is 0 Å². The molecule has 3 rings (SSSR count). The topological polar surface area (TPSA) is 77.1 Å². The smallest absolute Gasteiger partial charge is 0.229 e. The number of methoxy groups -OCH3 is 1. The van der Waals surface area contributed by atoms with Crippen molar-refractivity contribution in [3.8, 4) is 17.2 Å². The lowest BCUT2D eigenvalue weighted by molar-refractivity contribution is -0.128. The van der Waals surface area contributed by atoms with E-state index in [4.69, 9.17) is 14.2 Å². The first-order chi connectivity index (χ1) is 14.1. The number of ether oxygens (including phenoxy) is 3. The fourth-order valence-electron chi connectivity index (χ4n) is 3.16. The molecule has 2 amide bonds. The highest BCUT2D eigenvalue weighted by molar-refractivity contribution is 5.97. The van der Waals surface area contributed by atoms with Gasteiger partial charge in [-0.05, 0) is 55.5 Å². The molecule has 0 aromatic heterocycles. The van der Waals surface area contributed by atoms with Crippen LogP contribution in [0, 0.1) is 5.92 Å². The van der Waals surface area contributed by atoms with E-state index in [1.165, 1.54) is 0 Å². The number of hydrogen-bond donors (Lipinski definition) is 1. The number of carbonyl (C=O) groups excluding carboxylic acids is 2. The zero-order valence-electron chi connectivity index (χ0n) is 16.7. The summed E-state index contributed by atoms with van der Waals surface area (Å²) in [5.41, 5.74) is 0.687. The van der Waals surface area contributed by atoms with Crippen molar-refractivity contribution in [3.05, 3.63) is 48.5 Å². The molecular weight excluding hydrogens is 372 g/mol. The van der Waals surface area contributed by atoms with Gasteiger partial charge in [0.15, 0.2) is 0 Å². The summed E-state index contributed by atoms with van der Waals surface area (Å²) in [5, 5.41) is 2.87. The van der Waals surface area contributed by atoms with Crippen molar-refractivity contribution in [2.75, 3.05) is 38.7 Å². The molecule has 1 fully saturated rings. The normalized spacial score (nSPS) is 15.9. The van der Waals surface area contributed by atoms with Gasteiger partial charge in [0.1, 0.15) is 23.9 Å². The van der Waals surface area contributed by atoms with E-state index in [2.05, 4.69) is 5.32 Å². The zero-order chi connectivity index (χ0) is 20.6.